The van der Waals surface area contributed by atoms with Crippen molar-refractivity contribution in [2.45, 2.75) is 59.3 Å². The largest absolute Gasteiger partial charge is 0.467 e. The van der Waals surface area contributed by atoms with Crippen molar-refractivity contribution in [2.75, 3.05) is 18.6 Å². The van der Waals surface area contributed by atoms with E-state index in [4.69, 9.17) is 14.5 Å². The first-order valence-corrected chi connectivity index (χ1v) is 13.9. The second-order valence-corrected chi connectivity index (χ2v) is 11.5. The fourth-order valence-corrected chi connectivity index (χ4v) is 5.48. The topological polar surface area (TPSA) is 51.7 Å². The Bertz CT molecular complexity index is 1490. The molecule has 1 aliphatic rings. The smallest absolute Gasteiger partial charge is 0.339 e. The number of nitrogens with zero attached hydrogens (tertiary/aromatic N) is 2. The van der Waals surface area contributed by atoms with Crippen molar-refractivity contribution in [3.05, 3.63) is 107 Å². The number of pyridine rings is 1. The molecule has 0 saturated carbocycles. The molecule has 0 bridgehead atoms. The highest BCUT2D eigenvalue weighted by atomic mass is 16.6. The van der Waals surface area contributed by atoms with E-state index in [0.717, 1.165) is 52.3 Å². The maximum atomic E-state index is 13.2. The summed E-state index contributed by atoms with van der Waals surface area (Å²) in [7, 11) is 1.41. The Morgan fingerprint density at radius 3 is 2.12 bits per heavy atom. The number of ether oxygens (including phenoxy) is 2. The fraction of sp³-hybridized carbons (Fsp3) is 0.314. The Morgan fingerprint density at radius 1 is 0.875 bits per heavy atom. The van der Waals surface area contributed by atoms with Crippen LogP contribution in [0, 0.1) is 13.8 Å². The third-order valence-electron chi connectivity index (χ3n) is 7.41. The van der Waals surface area contributed by atoms with Crippen LogP contribution in [0.25, 0.3) is 22.3 Å². The molecule has 2 heterocycles. The Balaban J connectivity index is 1.61. The molecule has 0 spiro atoms. The monoisotopic (exact) mass is 534 g/mol. The van der Waals surface area contributed by atoms with Crippen LogP contribution < -0.4 is 4.90 Å². The number of carbonyl (C=O) groups excluding carboxylic acids is 1. The second-order valence-electron chi connectivity index (χ2n) is 11.5. The molecule has 0 saturated heterocycles. The lowest BCUT2D eigenvalue weighted by atomic mass is 9.87. The number of rotatable bonds is 6. The number of fused-ring (bicyclic) bond motifs is 1. The first-order chi connectivity index (χ1) is 19.1. The molecule has 1 aromatic heterocycles. The molecule has 0 fully saturated rings. The summed E-state index contributed by atoms with van der Waals surface area (Å²) in [5.41, 5.74) is 10.1. The van der Waals surface area contributed by atoms with E-state index in [1.807, 2.05) is 33.8 Å². The Kier molecular flexibility index (Phi) is 7.77. The summed E-state index contributed by atoms with van der Waals surface area (Å²) in [6, 6.07) is 27.7. The molecule has 0 N–H and O–H groups in total. The van der Waals surface area contributed by atoms with Gasteiger partial charge in [0.25, 0.3) is 0 Å². The van der Waals surface area contributed by atoms with Gasteiger partial charge in [0.05, 0.1) is 12.7 Å². The Hall–Kier alpha value is -3.96. The van der Waals surface area contributed by atoms with Gasteiger partial charge in [-0.1, -0.05) is 72.3 Å². The van der Waals surface area contributed by atoms with Gasteiger partial charge < -0.3 is 14.4 Å². The van der Waals surface area contributed by atoms with E-state index < -0.39 is 17.7 Å². The number of methoxy groups -OCH3 is 1. The summed E-state index contributed by atoms with van der Waals surface area (Å²) >= 11 is 0. The van der Waals surface area contributed by atoms with Crippen LogP contribution in [0.5, 0.6) is 0 Å². The quantitative estimate of drug-likeness (QED) is 0.238. The van der Waals surface area contributed by atoms with Crippen LogP contribution in [0.4, 0.5) is 5.69 Å². The molecule has 5 rings (SSSR count). The summed E-state index contributed by atoms with van der Waals surface area (Å²) < 4.78 is 11.6. The van der Waals surface area contributed by atoms with Crippen LogP contribution in [-0.4, -0.2) is 30.2 Å². The van der Waals surface area contributed by atoms with Crippen molar-refractivity contribution >= 4 is 11.7 Å². The number of aryl methyl sites for hydroxylation is 2. The number of benzene rings is 3. The minimum Gasteiger partial charge on any atom is -0.467 e. The van der Waals surface area contributed by atoms with Crippen LogP contribution in [0.15, 0.2) is 78.9 Å². The summed E-state index contributed by atoms with van der Waals surface area (Å²) in [5, 5.41) is 0. The normalized spacial score (nSPS) is 14.0. The van der Waals surface area contributed by atoms with Crippen molar-refractivity contribution in [1.82, 2.24) is 4.98 Å². The van der Waals surface area contributed by atoms with Crippen molar-refractivity contribution in [2.24, 2.45) is 0 Å². The number of hydrogen-bond donors (Lipinski definition) is 0. The van der Waals surface area contributed by atoms with E-state index >= 15 is 0 Å². The second kappa shape index (κ2) is 11.3. The zero-order valence-corrected chi connectivity index (χ0v) is 24.3. The van der Waals surface area contributed by atoms with Gasteiger partial charge in [0, 0.05) is 47.7 Å². The molecule has 0 radical (unpaired) electrons. The zero-order chi connectivity index (χ0) is 28.4. The van der Waals surface area contributed by atoms with Crippen molar-refractivity contribution in [3.8, 4) is 22.3 Å². The molecule has 1 atom stereocenters. The molecule has 0 aliphatic carbocycles. The molecule has 206 valence electrons. The number of esters is 1. The molecule has 5 heteroatoms. The van der Waals surface area contributed by atoms with Gasteiger partial charge in [-0.25, -0.2) is 4.79 Å². The summed E-state index contributed by atoms with van der Waals surface area (Å²) in [6.45, 7) is 11.5. The van der Waals surface area contributed by atoms with E-state index in [9.17, 15) is 4.79 Å². The van der Waals surface area contributed by atoms with E-state index in [1.54, 1.807) is 0 Å². The van der Waals surface area contributed by atoms with Gasteiger partial charge in [0.1, 0.15) is 0 Å². The van der Waals surface area contributed by atoms with Gasteiger partial charge in [-0.3, -0.25) is 4.98 Å². The lowest BCUT2D eigenvalue weighted by Gasteiger charge is -2.35. The zero-order valence-electron chi connectivity index (χ0n) is 24.3. The predicted octanol–water partition coefficient (Wildman–Crippen LogP) is 7.62. The van der Waals surface area contributed by atoms with E-state index in [1.165, 1.54) is 23.8 Å². The first kappa shape index (κ1) is 27.6. The molecule has 4 aromatic rings. The van der Waals surface area contributed by atoms with E-state index in [-0.39, 0.29) is 0 Å². The lowest BCUT2D eigenvalue weighted by molar-refractivity contribution is -0.164. The van der Waals surface area contributed by atoms with Gasteiger partial charge in [0.15, 0.2) is 6.10 Å². The standard InChI is InChI=1S/C35H38N2O3/c1-23-12-14-27(15-13-23)32-29-22-37(28-18-16-26(17-19-28)25-10-8-7-9-11-25)21-20-30(29)36-24(2)31(32)33(34(38)39-6)40-35(3,4)5/h7-19,33H,20-22H2,1-6H3. The third kappa shape index (κ3) is 5.80. The van der Waals surface area contributed by atoms with Crippen molar-refractivity contribution in [3.63, 3.8) is 0 Å². The molecule has 40 heavy (non-hydrogen) atoms. The summed E-state index contributed by atoms with van der Waals surface area (Å²) in [5.74, 6) is -0.419. The highest BCUT2D eigenvalue weighted by Gasteiger charge is 2.35. The molecule has 1 aliphatic heterocycles. The van der Waals surface area contributed by atoms with Crippen molar-refractivity contribution in [1.29, 1.82) is 0 Å². The fourth-order valence-electron chi connectivity index (χ4n) is 5.48. The first-order valence-electron chi connectivity index (χ1n) is 13.9. The molecule has 0 amide bonds. The van der Waals surface area contributed by atoms with Gasteiger partial charge in [-0.15, -0.1) is 0 Å². The molecular weight excluding hydrogens is 496 g/mol. The van der Waals surface area contributed by atoms with Crippen LogP contribution in [0.2, 0.25) is 0 Å². The number of aromatic nitrogens is 1. The highest BCUT2D eigenvalue weighted by Crippen LogP contribution is 2.41. The highest BCUT2D eigenvalue weighted by molar-refractivity contribution is 5.84. The van der Waals surface area contributed by atoms with Crippen LogP contribution >= 0.6 is 0 Å². The summed E-state index contributed by atoms with van der Waals surface area (Å²) in [4.78, 5) is 20.6. The SMILES string of the molecule is COC(=O)C(OC(C)(C)C)c1c(C)nc2c(c1-c1ccc(C)cc1)CN(c1ccc(-c3ccccc3)cc1)CC2. The van der Waals surface area contributed by atoms with Gasteiger partial charge in [-0.2, -0.15) is 0 Å². The minimum absolute atomic E-state index is 0.419. The average molecular weight is 535 g/mol. The lowest BCUT2D eigenvalue weighted by Crippen LogP contribution is -2.34. The number of carbonyl (C=O) groups is 1. The van der Waals surface area contributed by atoms with Crippen molar-refractivity contribution < 1.29 is 14.3 Å². The number of hydrogen-bond acceptors (Lipinski definition) is 5. The molecule has 5 nitrogen and oxygen atoms in total. The minimum atomic E-state index is -0.889. The van der Waals surface area contributed by atoms with Crippen LogP contribution in [-0.2, 0) is 27.2 Å². The van der Waals surface area contributed by atoms with E-state index in [0.29, 0.717) is 6.54 Å². The number of anilines is 1. The van der Waals surface area contributed by atoms with Crippen LogP contribution in [0.3, 0.4) is 0 Å². The molecule has 1 unspecified atom stereocenters. The van der Waals surface area contributed by atoms with Gasteiger partial charge in [0.2, 0.25) is 0 Å². The van der Waals surface area contributed by atoms with Crippen LogP contribution in [0.1, 0.15) is 55.0 Å². The molecular formula is C35H38N2O3. The van der Waals surface area contributed by atoms with Gasteiger partial charge >= 0.3 is 5.97 Å². The predicted molar refractivity (Wildman–Crippen MR) is 161 cm³/mol. The average Bonchev–Trinajstić information content (AvgIpc) is 2.95. The Morgan fingerprint density at radius 2 is 1.50 bits per heavy atom. The molecule has 3 aromatic carbocycles. The maximum Gasteiger partial charge on any atom is 0.339 e. The van der Waals surface area contributed by atoms with E-state index in [2.05, 4.69) is 84.6 Å². The maximum absolute atomic E-state index is 13.2. The van der Waals surface area contributed by atoms with Gasteiger partial charge in [-0.05, 0) is 69.0 Å². The Labute approximate surface area is 237 Å². The third-order valence-corrected chi connectivity index (χ3v) is 7.41. The summed E-state index contributed by atoms with van der Waals surface area (Å²) in [6.07, 6.45) is -0.0710.